The largest absolute Gasteiger partial charge is 0.296 e. The minimum Gasteiger partial charge on any atom is -0.296 e. The van der Waals surface area contributed by atoms with Crippen LogP contribution in [0.25, 0.3) is 11.5 Å². The molecule has 6 heteroatoms. The number of hydrogen-bond acceptors (Lipinski definition) is 4. The molecule has 0 fully saturated rings. The zero-order chi connectivity index (χ0) is 10.8. The van der Waals surface area contributed by atoms with Crippen molar-refractivity contribution in [2.45, 2.75) is 19.9 Å². The van der Waals surface area contributed by atoms with E-state index in [1.54, 1.807) is 18.6 Å². The van der Waals surface area contributed by atoms with Gasteiger partial charge in [-0.3, -0.25) is 14.6 Å². The fraction of sp³-hybridized carbons (Fsp3) is 0.333. The molecule has 5 nitrogen and oxygen atoms in total. The molecule has 1 N–H and O–H groups in total. The average Bonchev–Trinajstić information content (AvgIpc) is 2.61. The molecule has 2 aromatic heterocycles. The van der Waals surface area contributed by atoms with Crippen molar-refractivity contribution in [2.75, 3.05) is 0 Å². The summed E-state index contributed by atoms with van der Waals surface area (Å²) in [6.07, 6.45) is 4.94. The van der Waals surface area contributed by atoms with Crippen LogP contribution in [0, 0.1) is 4.77 Å². The van der Waals surface area contributed by atoms with Crippen molar-refractivity contribution in [3.63, 3.8) is 0 Å². The molecule has 15 heavy (non-hydrogen) atoms. The Morgan fingerprint density at radius 3 is 2.80 bits per heavy atom. The average molecular weight is 221 g/mol. The minimum atomic E-state index is 0.244. The Morgan fingerprint density at radius 1 is 1.40 bits per heavy atom. The molecule has 0 aliphatic rings. The molecular weight excluding hydrogens is 210 g/mol. The van der Waals surface area contributed by atoms with Gasteiger partial charge in [0.05, 0.1) is 6.20 Å². The Hall–Kier alpha value is -1.56. The van der Waals surface area contributed by atoms with Crippen molar-refractivity contribution in [3.05, 3.63) is 23.4 Å². The van der Waals surface area contributed by atoms with Gasteiger partial charge in [0, 0.05) is 18.4 Å². The molecular formula is C9H11N5S. The van der Waals surface area contributed by atoms with Gasteiger partial charge in [0.25, 0.3) is 0 Å². The number of rotatable bonds is 2. The van der Waals surface area contributed by atoms with Crippen LogP contribution in [0.2, 0.25) is 0 Å². The van der Waals surface area contributed by atoms with Crippen LogP contribution < -0.4 is 0 Å². The Bertz CT molecular complexity index is 499. The molecule has 0 saturated carbocycles. The summed E-state index contributed by atoms with van der Waals surface area (Å²) in [4.78, 5) is 8.20. The molecule has 0 bridgehead atoms. The number of H-pyrrole nitrogens is 1. The summed E-state index contributed by atoms with van der Waals surface area (Å²) in [6.45, 7) is 4.09. The fourth-order valence-electron chi connectivity index (χ4n) is 1.38. The predicted molar refractivity (Wildman–Crippen MR) is 58.8 cm³/mol. The van der Waals surface area contributed by atoms with Crippen LogP contribution in [0.15, 0.2) is 18.6 Å². The molecule has 0 aliphatic heterocycles. The minimum absolute atomic E-state index is 0.244. The Balaban J connectivity index is 2.59. The molecule has 0 spiro atoms. The first kappa shape index (κ1) is 9.97. The Kier molecular flexibility index (Phi) is 2.59. The maximum Gasteiger partial charge on any atom is 0.195 e. The van der Waals surface area contributed by atoms with Crippen LogP contribution in [0.4, 0.5) is 0 Å². The molecule has 0 amide bonds. The monoisotopic (exact) mass is 221 g/mol. The van der Waals surface area contributed by atoms with Gasteiger partial charge in [0.2, 0.25) is 0 Å². The molecule has 0 aliphatic carbocycles. The zero-order valence-corrected chi connectivity index (χ0v) is 9.32. The first-order valence-electron chi connectivity index (χ1n) is 4.63. The second kappa shape index (κ2) is 3.90. The van der Waals surface area contributed by atoms with E-state index < -0.39 is 0 Å². The van der Waals surface area contributed by atoms with Crippen molar-refractivity contribution >= 4 is 12.2 Å². The van der Waals surface area contributed by atoms with Crippen molar-refractivity contribution in [2.24, 2.45) is 0 Å². The van der Waals surface area contributed by atoms with Crippen molar-refractivity contribution in [1.82, 2.24) is 24.7 Å². The van der Waals surface area contributed by atoms with Gasteiger partial charge in [-0.1, -0.05) is 0 Å². The lowest BCUT2D eigenvalue weighted by molar-refractivity contribution is 0.596. The summed E-state index contributed by atoms with van der Waals surface area (Å²) in [5.41, 5.74) is 0.721. The first-order chi connectivity index (χ1) is 7.20. The van der Waals surface area contributed by atoms with E-state index in [-0.39, 0.29) is 6.04 Å². The van der Waals surface area contributed by atoms with E-state index in [0.29, 0.717) is 4.77 Å². The van der Waals surface area contributed by atoms with E-state index in [1.165, 1.54) is 0 Å². The van der Waals surface area contributed by atoms with Gasteiger partial charge in [-0.05, 0) is 26.1 Å². The summed E-state index contributed by atoms with van der Waals surface area (Å²) < 4.78 is 2.52. The fourth-order valence-corrected chi connectivity index (χ4v) is 1.72. The SMILES string of the molecule is CC(C)n1c(-c2cnccn2)n[nH]c1=S. The number of aromatic nitrogens is 5. The quantitative estimate of drug-likeness (QED) is 0.788. The third kappa shape index (κ3) is 1.80. The van der Waals surface area contributed by atoms with Gasteiger partial charge < -0.3 is 0 Å². The summed E-state index contributed by atoms with van der Waals surface area (Å²) in [5, 5.41) is 6.92. The van der Waals surface area contributed by atoms with Gasteiger partial charge in [0.1, 0.15) is 5.69 Å². The van der Waals surface area contributed by atoms with E-state index in [1.807, 2.05) is 18.4 Å². The Labute approximate surface area is 92.2 Å². The summed E-state index contributed by atoms with van der Waals surface area (Å²) in [6, 6.07) is 0.244. The van der Waals surface area contributed by atoms with Crippen molar-refractivity contribution in [3.8, 4) is 11.5 Å². The summed E-state index contributed by atoms with van der Waals surface area (Å²) in [5.74, 6) is 0.725. The molecule has 2 aromatic rings. The Morgan fingerprint density at radius 2 is 2.20 bits per heavy atom. The topological polar surface area (TPSA) is 59.4 Å². The number of aromatic amines is 1. The van der Waals surface area contributed by atoms with E-state index in [2.05, 4.69) is 20.2 Å². The lowest BCUT2D eigenvalue weighted by Crippen LogP contribution is -2.04. The zero-order valence-electron chi connectivity index (χ0n) is 8.51. The number of nitrogens with zero attached hydrogens (tertiary/aromatic N) is 4. The third-order valence-corrected chi connectivity index (χ3v) is 2.30. The maximum absolute atomic E-state index is 5.15. The second-order valence-electron chi connectivity index (χ2n) is 3.41. The molecule has 2 heterocycles. The molecule has 0 radical (unpaired) electrons. The molecule has 78 valence electrons. The van der Waals surface area contributed by atoms with E-state index >= 15 is 0 Å². The van der Waals surface area contributed by atoms with Crippen LogP contribution in [0.3, 0.4) is 0 Å². The van der Waals surface area contributed by atoms with Crippen LogP contribution in [-0.2, 0) is 0 Å². The normalized spacial score (nSPS) is 10.9. The van der Waals surface area contributed by atoms with Crippen LogP contribution in [-0.4, -0.2) is 24.7 Å². The van der Waals surface area contributed by atoms with E-state index in [9.17, 15) is 0 Å². The smallest absolute Gasteiger partial charge is 0.195 e. The summed E-state index contributed by atoms with van der Waals surface area (Å²) in [7, 11) is 0. The first-order valence-corrected chi connectivity index (χ1v) is 5.04. The highest BCUT2D eigenvalue weighted by Crippen LogP contribution is 2.17. The van der Waals surface area contributed by atoms with Gasteiger partial charge >= 0.3 is 0 Å². The van der Waals surface area contributed by atoms with Crippen LogP contribution >= 0.6 is 12.2 Å². The van der Waals surface area contributed by atoms with Gasteiger partial charge in [-0.15, -0.1) is 0 Å². The third-order valence-electron chi connectivity index (χ3n) is 2.01. The highest BCUT2D eigenvalue weighted by Gasteiger charge is 2.11. The van der Waals surface area contributed by atoms with Crippen molar-refractivity contribution < 1.29 is 0 Å². The van der Waals surface area contributed by atoms with Crippen LogP contribution in [0.5, 0.6) is 0 Å². The molecule has 2 rings (SSSR count). The van der Waals surface area contributed by atoms with E-state index in [4.69, 9.17) is 12.2 Å². The molecule has 0 aromatic carbocycles. The number of hydrogen-bond donors (Lipinski definition) is 1. The van der Waals surface area contributed by atoms with Crippen LogP contribution in [0.1, 0.15) is 19.9 Å². The molecule has 0 saturated heterocycles. The predicted octanol–water partition coefficient (Wildman–Crippen LogP) is 1.98. The molecule has 0 atom stereocenters. The lowest BCUT2D eigenvalue weighted by Gasteiger charge is -2.08. The maximum atomic E-state index is 5.15. The van der Waals surface area contributed by atoms with Gasteiger partial charge in [0.15, 0.2) is 10.6 Å². The van der Waals surface area contributed by atoms with E-state index in [0.717, 1.165) is 11.5 Å². The lowest BCUT2D eigenvalue weighted by atomic mass is 10.3. The second-order valence-corrected chi connectivity index (χ2v) is 3.79. The highest BCUT2D eigenvalue weighted by atomic mass is 32.1. The van der Waals surface area contributed by atoms with Gasteiger partial charge in [-0.25, -0.2) is 4.98 Å². The van der Waals surface area contributed by atoms with Crippen molar-refractivity contribution in [1.29, 1.82) is 0 Å². The molecule has 0 unspecified atom stereocenters. The van der Waals surface area contributed by atoms with Gasteiger partial charge in [-0.2, -0.15) is 5.10 Å². The standard InChI is InChI=1S/C9H11N5S/c1-6(2)14-8(12-13-9(14)15)7-5-10-3-4-11-7/h3-6H,1-2H3,(H,13,15). The number of nitrogens with one attached hydrogen (secondary N) is 1. The summed E-state index contributed by atoms with van der Waals surface area (Å²) >= 11 is 5.15. The highest BCUT2D eigenvalue weighted by molar-refractivity contribution is 7.71.